The van der Waals surface area contributed by atoms with Gasteiger partial charge in [0.25, 0.3) is 0 Å². The zero-order chi connectivity index (χ0) is 21.8. The number of aryl methyl sites for hydroxylation is 1. The van der Waals surface area contributed by atoms with Gasteiger partial charge in [0.15, 0.2) is 5.13 Å². The molecule has 2 amide bonds. The monoisotopic (exact) mass is 453 g/mol. The van der Waals surface area contributed by atoms with Crippen LogP contribution in [0.25, 0.3) is 22.0 Å². The minimum Gasteiger partial charge on any atom is -0.351 e. The van der Waals surface area contributed by atoms with Crippen molar-refractivity contribution in [3.63, 3.8) is 0 Å². The molecule has 11 heteroatoms. The summed E-state index contributed by atoms with van der Waals surface area (Å²) in [6, 6.07) is 13.4. The van der Waals surface area contributed by atoms with Gasteiger partial charge < -0.3 is 10.6 Å². The molecule has 0 aliphatic rings. The summed E-state index contributed by atoms with van der Waals surface area (Å²) >= 11 is 2.97. The minimum absolute atomic E-state index is 0.0618. The molecule has 4 aromatic rings. The third kappa shape index (κ3) is 5.19. The lowest BCUT2D eigenvalue weighted by molar-refractivity contribution is -0.119. The molecule has 0 saturated carbocycles. The zero-order valence-corrected chi connectivity index (χ0v) is 18.5. The number of aromatic nitrogens is 5. The average molecular weight is 454 g/mol. The van der Waals surface area contributed by atoms with Crippen molar-refractivity contribution in [2.75, 3.05) is 5.32 Å². The van der Waals surface area contributed by atoms with Crippen molar-refractivity contribution < 1.29 is 9.59 Å². The molecule has 0 spiro atoms. The SMILES string of the molecule is CC(=O)NCc1ccc(-c2nc(NC(=O)Cn3nnc(-c4ccccc4)n3)sc2C)s1. The Labute approximate surface area is 186 Å². The van der Waals surface area contributed by atoms with Gasteiger partial charge in [0.05, 0.1) is 17.1 Å². The van der Waals surface area contributed by atoms with Gasteiger partial charge in [-0.2, -0.15) is 4.80 Å². The summed E-state index contributed by atoms with van der Waals surface area (Å²) < 4.78 is 0. The van der Waals surface area contributed by atoms with Gasteiger partial charge in [0, 0.05) is 22.2 Å². The molecule has 1 aromatic carbocycles. The maximum atomic E-state index is 12.4. The van der Waals surface area contributed by atoms with Crippen molar-refractivity contribution in [1.82, 2.24) is 30.5 Å². The Morgan fingerprint density at radius 1 is 1.10 bits per heavy atom. The zero-order valence-electron chi connectivity index (χ0n) is 16.8. The first-order chi connectivity index (χ1) is 15.0. The molecule has 0 saturated heterocycles. The summed E-state index contributed by atoms with van der Waals surface area (Å²) in [5, 5.41) is 18.3. The van der Waals surface area contributed by atoms with Crippen molar-refractivity contribution in [1.29, 1.82) is 0 Å². The van der Waals surface area contributed by atoms with E-state index in [-0.39, 0.29) is 18.4 Å². The van der Waals surface area contributed by atoms with Crippen molar-refractivity contribution in [3.05, 3.63) is 52.2 Å². The number of amides is 2. The molecular formula is C20H19N7O2S2. The van der Waals surface area contributed by atoms with E-state index < -0.39 is 0 Å². The average Bonchev–Trinajstić information content (AvgIpc) is 3.47. The highest BCUT2D eigenvalue weighted by Gasteiger charge is 2.15. The molecule has 0 atom stereocenters. The van der Waals surface area contributed by atoms with Gasteiger partial charge in [-0.3, -0.25) is 9.59 Å². The van der Waals surface area contributed by atoms with Crippen LogP contribution in [-0.2, 0) is 22.7 Å². The highest BCUT2D eigenvalue weighted by atomic mass is 32.1. The van der Waals surface area contributed by atoms with E-state index in [1.807, 2.05) is 49.4 Å². The lowest BCUT2D eigenvalue weighted by Gasteiger charge is -2.00. The number of thiazole rings is 1. The summed E-state index contributed by atoms with van der Waals surface area (Å²) in [6.07, 6.45) is 0. The van der Waals surface area contributed by atoms with Crippen LogP contribution in [0, 0.1) is 6.92 Å². The number of anilines is 1. The lowest BCUT2D eigenvalue weighted by atomic mass is 10.2. The molecule has 0 bridgehead atoms. The van der Waals surface area contributed by atoms with E-state index in [2.05, 4.69) is 31.0 Å². The molecule has 2 N–H and O–H groups in total. The van der Waals surface area contributed by atoms with Gasteiger partial charge in [-0.15, -0.1) is 32.9 Å². The predicted molar refractivity (Wildman–Crippen MR) is 120 cm³/mol. The summed E-state index contributed by atoms with van der Waals surface area (Å²) in [7, 11) is 0. The van der Waals surface area contributed by atoms with Crippen molar-refractivity contribution >= 4 is 39.6 Å². The van der Waals surface area contributed by atoms with E-state index in [1.165, 1.54) is 23.1 Å². The number of benzene rings is 1. The molecule has 4 rings (SSSR count). The number of nitrogens with zero attached hydrogens (tertiary/aromatic N) is 5. The smallest absolute Gasteiger partial charge is 0.249 e. The third-order valence-corrected chi connectivity index (χ3v) is 6.20. The molecule has 9 nitrogen and oxygen atoms in total. The molecule has 3 heterocycles. The lowest BCUT2D eigenvalue weighted by Crippen LogP contribution is -2.20. The first-order valence-corrected chi connectivity index (χ1v) is 11.1. The first-order valence-electron chi connectivity index (χ1n) is 9.42. The summed E-state index contributed by atoms with van der Waals surface area (Å²) in [5.74, 6) is 0.117. The molecule has 0 radical (unpaired) electrons. The van der Waals surface area contributed by atoms with E-state index in [9.17, 15) is 9.59 Å². The van der Waals surface area contributed by atoms with Crippen LogP contribution in [0.5, 0.6) is 0 Å². The fourth-order valence-corrected chi connectivity index (χ4v) is 4.69. The Kier molecular flexibility index (Phi) is 6.14. The number of thiophene rings is 1. The molecule has 3 aromatic heterocycles. The Morgan fingerprint density at radius 3 is 2.68 bits per heavy atom. The number of tetrazole rings is 1. The number of nitrogens with one attached hydrogen (secondary N) is 2. The first kappa shape index (κ1) is 20.8. The molecule has 0 aliphatic heterocycles. The summed E-state index contributed by atoms with van der Waals surface area (Å²) in [4.78, 5) is 32.4. The number of hydrogen-bond donors (Lipinski definition) is 2. The quantitative estimate of drug-likeness (QED) is 0.444. The van der Waals surface area contributed by atoms with Gasteiger partial charge in [-0.25, -0.2) is 4.98 Å². The van der Waals surface area contributed by atoms with E-state index in [4.69, 9.17) is 0 Å². The van der Waals surface area contributed by atoms with E-state index in [1.54, 1.807) is 11.3 Å². The predicted octanol–water partition coefficient (Wildman–Crippen LogP) is 3.11. The number of hydrogen-bond acceptors (Lipinski definition) is 8. The molecular weight excluding hydrogens is 434 g/mol. The fourth-order valence-electron chi connectivity index (χ4n) is 2.79. The number of rotatable bonds is 7. The topological polar surface area (TPSA) is 115 Å². The van der Waals surface area contributed by atoms with Crippen LogP contribution < -0.4 is 10.6 Å². The minimum atomic E-state index is -0.283. The van der Waals surface area contributed by atoms with Gasteiger partial charge in [-0.05, 0) is 24.3 Å². The third-order valence-electron chi connectivity index (χ3n) is 4.22. The summed E-state index contributed by atoms with van der Waals surface area (Å²) in [5.41, 5.74) is 1.66. The Balaban J connectivity index is 1.40. The Hall–Kier alpha value is -3.44. The van der Waals surface area contributed by atoms with Gasteiger partial charge >= 0.3 is 0 Å². The van der Waals surface area contributed by atoms with Crippen LogP contribution >= 0.6 is 22.7 Å². The summed E-state index contributed by atoms with van der Waals surface area (Å²) in [6.45, 7) is 3.88. The molecule has 0 unspecified atom stereocenters. The second kappa shape index (κ2) is 9.14. The second-order valence-electron chi connectivity index (χ2n) is 6.66. The standard InChI is InChI=1S/C20H19N7O2S2/c1-12-18(16-9-8-15(31-16)10-21-13(2)28)23-20(30-12)22-17(29)11-27-25-19(24-26-27)14-6-4-3-5-7-14/h3-9H,10-11H2,1-2H3,(H,21,28)(H,22,23,29). The fraction of sp³-hybridized carbons (Fsp3) is 0.200. The highest BCUT2D eigenvalue weighted by molar-refractivity contribution is 7.18. The van der Waals surface area contributed by atoms with Crippen LogP contribution in [0.15, 0.2) is 42.5 Å². The number of carbonyl (C=O) groups excluding carboxylic acids is 2. The van der Waals surface area contributed by atoms with Crippen LogP contribution in [0.2, 0.25) is 0 Å². The van der Waals surface area contributed by atoms with Crippen LogP contribution in [-0.4, -0.2) is 37.0 Å². The van der Waals surface area contributed by atoms with E-state index in [0.29, 0.717) is 17.5 Å². The Bertz CT molecular complexity index is 1210. The van der Waals surface area contributed by atoms with Crippen LogP contribution in [0.3, 0.4) is 0 Å². The van der Waals surface area contributed by atoms with Crippen molar-refractivity contribution in [2.24, 2.45) is 0 Å². The molecule has 158 valence electrons. The second-order valence-corrected chi connectivity index (χ2v) is 9.03. The van der Waals surface area contributed by atoms with Crippen LogP contribution in [0.1, 0.15) is 16.7 Å². The molecule has 0 aliphatic carbocycles. The van der Waals surface area contributed by atoms with Gasteiger partial charge in [0.2, 0.25) is 17.6 Å². The maximum absolute atomic E-state index is 12.4. The maximum Gasteiger partial charge on any atom is 0.249 e. The van der Waals surface area contributed by atoms with E-state index in [0.717, 1.165) is 25.9 Å². The molecule has 0 fully saturated rings. The highest BCUT2D eigenvalue weighted by Crippen LogP contribution is 2.34. The van der Waals surface area contributed by atoms with E-state index >= 15 is 0 Å². The normalized spacial score (nSPS) is 10.8. The van der Waals surface area contributed by atoms with Gasteiger partial charge in [-0.1, -0.05) is 30.3 Å². The number of carbonyl (C=O) groups is 2. The van der Waals surface area contributed by atoms with Crippen LogP contribution in [0.4, 0.5) is 5.13 Å². The van der Waals surface area contributed by atoms with Gasteiger partial charge in [0.1, 0.15) is 6.54 Å². The van der Waals surface area contributed by atoms with Crippen molar-refractivity contribution in [2.45, 2.75) is 26.9 Å². The van der Waals surface area contributed by atoms with Crippen molar-refractivity contribution in [3.8, 4) is 22.0 Å². The Morgan fingerprint density at radius 2 is 1.90 bits per heavy atom. The largest absolute Gasteiger partial charge is 0.351 e. The molecule has 31 heavy (non-hydrogen) atoms.